The zero-order valence-electron chi connectivity index (χ0n) is 15.8. The highest BCUT2D eigenvalue weighted by atomic mass is 19.1. The number of carbonyl (C=O) groups is 1. The molecule has 0 spiro atoms. The van der Waals surface area contributed by atoms with E-state index in [1.165, 1.54) is 13.4 Å². The fourth-order valence-corrected chi connectivity index (χ4v) is 3.15. The van der Waals surface area contributed by atoms with Crippen molar-refractivity contribution >= 4 is 11.5 Å². The van der Waals surface area contributed by atoms with E-state index in [2.05, 4.69) is 20.9 Å². The summed E-state index contributed by atoms with van der Waals surface area (Å²) < 4.78 is 24.2. The predicted molar refractivity (Wildman–Crippen MR) is 102 cm³/mol. The molecule has 2 aliphatic rings. The second kappa shape index (κ2) is 9.41. The average molecular weight is 391 g/mol. The minimum atomic E-state index is -0.536. The van der Waals surface area contributed by atoms with Gasteiger partial charge in [-0.25, -0.2) is 9.37 Å². The van der Waals surface area contributed by atoms with Crippen LogP contribution in [0.4, 0.5) is 4.39 Å². The number of aromatic nitrogens is 1. The van der Waals surface area contributed by atoms with E-state index in [4.69, 9.17) is 15.2 Å². The Balaban J connectivity index is 1.37. The summed E-state index contributed by atoms with van der Waals surface area (Å²) >= 11 is 0. The van der Waals surface area contributed by atoms with Crippen LogP contribution in [0.25, 0.3) is 5.70 Å². The van der Waals surface area contributed by atoms with E-state index in [9.17, 15) is 9.18 Å². The van der Waals surface area contributed by atoms with Gasteiger partial charge in [-0.15, -0.1) is 0 Å². The molecule has 3 atom stereocenters. The van der Waals surface area contributed by atoms with E-state index in [0.29, 0.717) is 23.6 Å². The maximum Gasteiger partial charge on any atom is 0.228 e. The molecule has 0 aromatic carbocycles. The van der Waals surface area contributed by atoms with Crippen LogP contribution in [0.1, 0.15) is 37.7 Å². The Bertz CT molecular complexity index is 747. The molecule has 0 fully saturated rings. The van der Waals surface area contributed by atoms with E-state index in [0.717, 1.165) is 31.9 Å². The van der Waals surface area contributed by atoms with Crippen molar-refractivity contribution in [3.8, 4) is 5.88 Å². The Morgan fingerprint density at radius 2 is 2.25 bits per heavy atom. The van der Waals surface area contributed by atoms with Gasteiger partial charge in [0.25, 0.3) is 0 Å². The van der Waals surface area contributed by atoms with Gasteiger partial charge in [0.15, 0.2) is 11.6 Å². The topological polar surface area (TPSA) is 111 Å². The van der Waals surface area contributed by atoms with E-state index in [1.54, 1.807) is 18.5 Å². The number of nitrogens with one attached hydrogen (secondary N) is 3. The first-order valence-corrected chi connectivity index (χ1v) is 9.36. The normalized spacial score (nSPS) is 21.2. The molecule has 0 aliphatic carbocycles. The first-order valence-electron chi connectivity index (χ1n) is 9.36. The zero-order valence-corrected chi connectivity index (χ0v) is 15.8. The molecule has 152 valence electrons. The predicted octanol–water partition coefficient (Wildman–Crippen LogP) is 1.31. The number of nitrogens with zero attached hydrogens (tertiary/aromatic N) is 1. The van der Waals surface area contributed by atoms with Gasteiger partial charge in [-0.2, -0.15) is 0 Å². The van der Waals surface area contributed by atoms with Gasteiger partial charge >= 0.3 is 0 Å². The van der Waals surface area contributed by atoms with Gasteiger partial charge in [0.2, 0.25) is 12.1 Å². The summed E-state index contributed by atoms with van der Waals surface area (Å²) in [6, 6.07) is 1.39. The maximum absolute atomic E-state index is 14.0. The van der Waals surface area contributed by atoms with E-state index >= 15 is 0 Å². The number of halogens is 1. The van der Waals surface area contributed by atoms with Gasteiger partial charge < -0.3 is 31.2 Å². The Labute approximate surface area is 163 Å². The quantitative estimate of drug-likeness (QED) is 0.442. The lowest BCUT2D eigenvalue weighted by Gasteiger charge is -2.21. The van der Waals surface area contributed by atoms with Crippen LogP contribution in [0.3, 0.4) is 0 Å². The summed E-state index contributed by atoms with van der Waals surface area (Å²) in [7, 11) is 1.49. The van der Waals surface area contributed by atoms with Gasteiger partial charge in [0, 0.05) is 36.5 Å². The van der Waals surface area contributed by atoms with Crippen LogP contribution in [0.15, 0.2) is 30.9 Å². The average Bonchev–Trinajstić information content (AvgIpc) is 3.40. The minimum absolute atomic E-state index is 0.0528. The summed E-state index contributed by atoms with van der Waals surface area (Å²) in [5.74, 6) is -0.0383. The Morgan fingerprint density at radius 3 is 3.00 bits per heavy atom. The molecule has 9 heteroatoms. The molecule has 0 saturated heterocycles. The molecule has 0 amide bonds. The van der Waals surface area contributed by atoms with E-state index in [-0.39, 0.29) is 18.0 Å². The molecule has 2 aliphatic heterocycles. The maximum atomic E-state index is 14.0. The number of hydrogen-bond donors (Lipinski definition) is 4. The number of ketones is 1. The number of unbranched alkanes of at least 4 members (excludes halogenated alkanes) is 2. The summed E-state index contributed by atoms with van der Waals surface area (Å²) in [6.45, 7) is 0. The molecule has 28 heavy (non-hydrogen) atoms. The molecule has 2 unspecified atom stereocenters. The molecule has 0 saturated carbocycles. The number of carbonyl (C=O) groups excluding carboxylic acids is 1. The van der Waals surface area contributed by atoms with Crippen molar-refractivity contribution in [2.45, 2.75) is 50.5 Å². The Morgan fingerprint density at radius 1 is 1.39 bits per heavy atom. The third-order valence-corrected chi connectivity index (χ3v) is 4.76. The molecule has 5 N–H and O–H groups in total. The molecule has 0 bridgehead atoms. The van der Waals surface area contributed by atoms with Crippen LogP contribution in [0.2, 0.25) is 0 Å². The first kappa shape index (κ1) is 19.9. The van der Waals surface area contributed by atoms with Gasteiger partial charge in [-0.05, 0) is 12.8 Å². The fraction of sp³-hybridized carbons (Fsp3) is 0.474. The summed E-state index contributed by atoms with van der Waals surface area (Å²) in [4.78, 5) is 15.7. The van der Waals surface area contributed by atoms with Crippen LogP contribution in [-0.4, -0.2) is 36.3 Å². The largest absolute Gasteiger partial charge is 0.481 e. The van der Waals surface area contributed by atoms with Gasteiger partial charge in [-0.1, -0.05) is 12.8 Å². The second-order valence-corrected chi connectivity index (χ2v) is 6.77. The van der Waals surface area contributed by atoms with Crippen LogP contribution in [-0.2, 0) is 9.53 Å². The van der Waals surface area contributed by atoms with Gasteiger partial charge in [0.1, 0.15) is 12.4 Å². The molecular weight excluding hydrogens is 365 g/mol. The molecule has 8 nitrogen and oxygen atoms in total. The number of ether oxygens (including phenoxy) is 2. The lowest BCUT2D eigenvalue weighted by Crippen LogP contribution is -2.48. The van der Waals surface area contributed by atoms with Crippen molar-refractivity contribution in [3.63, 3.8) is 0 Å². The highest BCUT2D eigenvalue weighted by Crippen LogP contribution is 2.22. The van der Waals surface area contributed by atoms with Crippen molar-refractivity contribution in [1.29, 1.82) is 0 Å². The SMILES string of the molecule is COc1cc(C2=CNC([C@@H](N)CCCCCC(=O)C3NC=CO3)N2)c(F)cn1. The van der Waals surface area contributed by atoms with E-state index < -0.39 is 12.0 Å². The Hall–Kier alpha value is -2.81. The molecule has 3 rings (SSSR count). The van der Waals surface area contributed by atoms with Gasteiger partial charge in [0.05, 0.1) is 19.0 Å². The number of hydrogen-bond acceptors (Lipinski definition) is 8. The standard InChI is InChI=1S/C19H26FN5O3/c1-27-17-9-12(13(20)10-23-17)15-11-24-18(25-15)14(21)5-3-2-4-6-16(26)19-22-7-8-28-19/h7-11,14,18-19,22,24-25H,2-6,21H2,1H3/t14-,18?,19?/m0/s1. The molecule has 1 aromatic rings. The van der Waals surface area contributed by atoms with E-state index in [1.807, 2.05) is 0 Å². The number of Topliss-reactive ketones (excluding diaryl/α,β-unsaturated/α-hetero) is 1. The lowest BCUT2D eigenvalue weighted by molar-refractivity contribution is -0.127. The monoisotopic (exact) mass is 391 g/mol. The summed E-state index contributed by atoms with van der Waals surface area (Å²) in [5, 5.41) is 9.21. The molecule has 0 radical (unpaired) electrons. The highest BCUT2D eigenvalue weighted by molar-refractivity contribution is 5.83. The van der Waals surface area contributed by atoms with Crippen LogP contribution < -0.4 is 26.4 Å². The lowest BCUT2D eigenvalue weighted by atomic mass is 10.0. The molecule has 1 aromatic heterocycles. The van der Waals surface area contributed by atoms with Crippen LogP contribution in [0.5, 0.6) is 5.88 Å². The number of rotatable bonds is 10. The van der Waals surface area contributed by atoms with Crippen LogP contribution >= 0.6 is 0 Å². The summed E-state index contributed by atoms with van der Waals surface area (Å²) in [6.07, 6.45) is 9.09. The molecule has 3 heterocycles. The smallest absolute Gasteiger partial charge is 0.228 e. The third kappa shape index (κ3) is 4.92. The van der Waals surface area contributed by atoms with Crippen molar-refractivity contribution in [1.82, 2.24) is 20.9 Å². The third-order valence-electron chi connectivity index (χ3n) is 4.76. The minimum Gasteiger partial charge on any atom is -0.481 e. The fourth-order valence-electron chi connectivity index (χ4n) is 3.15. The molecular formula is C19H26FN5O3. The second-order valence-electron chi connectivity index (χ2n) is 6.77. The van der Waals surface area contributed by atoms with Crippen molar-refractivity contribution in [3.05, 3.63) is 42.3 Å². The number of methoxy groups -OCH3 is 1. The Kier molecular flexibility index (Phi) is 6.70. The highest BCUT2D eigenvalue weighted by Gasteiger charge is 2.24. The van der Waals surface area contributed by atoms with Crippen molar-refractivity contribution in [2.75, 3.05) is 7.11 Å². The van der Waals surface area contributed by atoms with Crippen molar-refractivity contribution < 1.29 is 18.7 Å². The zero-order chi connectivity index (χ0) is 19.9. The number of nitrogens with two attached hydrogens (primary N) is 1. The van der Waals surface area contributed by atoms with Crippen LogP contribution in [0, 0.1) is 5.82 Å². The van der Waals surface area contributed by atoms with Gasteiger partial charge in [-0.3, -0.25) is 4.79 Å². The van der Waals surface area contributed by atoms with Crippen molar-refractivity contribution in [2.24, 2.45) is 5.73 Å². The number of pyridine rings is 1. The first-order chi connectivity index (χ1) is 13.6. The summed E-state index contributed by atoms with van der Waals surface area (Å²) in [5.41, 5.74) is 7.25.